The predicted octanol–water partition coefficient (Wildman–Crippen LogP) is 3.18. The highest BCUT2D eigenvalue weighted by Gasteiger charge is 2.23. The molecule has 1 heterocycles. The molecule has 0 aromatic carbocycles. The molecule has 0 aliphatic carbocycles. The molecule has 1 aliphatic heterocycles. The van der Waals surface area contributed by atoms with E-state index in [2.05, 4.69) is 51.1 Å². The van der Waals surface area contributed by atoms with Gasteiger partial charge in [0, 0.05) is 56.2 Å². The van der Waals surface area contributed by atoms with Crippen molar-refractivity contribution in [1.82, 2.24) is 4.90 Å². The van der Waals surface area contributed by atoms with Gasteiger partial charge in [-0.25, -0.2) is 0 Å². The maximum Gasteiger partial charge on any atom is 0.222 e. The first-order valence-corrected chi connectivity index (χ1v) is 10.5. The van der Waals surface area contributed by atoms with E-state index >= 15 is 0 Å². The van der Waals surface area contributed by atoms with E-state index in [0.717, 1.165) is 25.8 Å². The molecule has 1 fully saturated rings. The number of hydrogen-bond acceptors (Lipinski definition) is 1. The Bertz CT molecular complexity index is 141. The minimum absolute atomic E-state index is 0.342. The Hall–Kier alpha value is 0.930. The van der Waals surface area contributed by atoms with Gasteiger partial charge in [-0.3, -0.25) is 4.79 Å². The first kappa shape index (κ1) is 12.9. The normalized spacial score (nSPS) is 18.7. The smallest absolute Gasteiger partial charge is 0.222 e. The molecule has 0 spiro atoms. The molecule has 0 bridgehead atoms. The van der Waals surface area contributed by atoms with Crippen LogP contribution in [-0.2, 0) is 4.79 Å². The van der Waals surface area contributed by atoms with Crippen molar-refractivity contribution in [2.45, 2.75) is 39.2 Å². The molecule has 1 saturated heterocycles. The maximum atomic E-state index is 11.1. The van der Waals surface area contributed by atoms with E-state index in [4.69, 9.17) is 0 Å². The topological polar surface area (TPSA) is 20.3 Å². The van der Waals surface area contributed by atoms with Crippen LogP contribution < -0.4 is 0 Å². The van der Waals surface area contributed by atoms with Crippen molar-refractivity contribution in [1.29, 1.82) is 0 Å². The third-order valence-corrected chi connectivity index (χ3v) is 2.23. The van der Waals surface area contributed by atoms with Crippen molar-refractivity contribution in [2.75, 3.05) is 6.54 Å². The van der Waals surface area contributed by atoms with Crippen molar-refractivity contribution >= 4 is 43.1 Å². The summed E-state index contributed by atoms with van der Waals surface area (Å²) in [5, 5.41) is 0. The summed E-state index contributed by atoms with van der Waals surface area (Å²) >= 11 is 4.24. The summed E-state index contributed by atoms with van der Waals surface area (Å²) in [6.07, 6.45) is 2.90. The Morgan fingerprint density at radius 3 is 2.50 bits per heavy atom. The average molecular weight is 395 g/mol. The van der Waals surface area contributed by atoms with Crippen molar-refractivity contribution in [3.8, 4) is 0 Å². The van der Waals surface area contributed by atoms with E-state index in [-0.39, 0.29) is 0 Å². The minimum Gasteiger partial charge on any atom is -0.340 e. The number of nitrogens with zero attached hydrogens (tertiary/aromatic N) is 1. The summed E-state index contributed by atoms with van der Waals surface area (Å²) in [6.45, 7) is 5.22. The van der Waals surface area contributed by atoms with Crippen molar-refractivity contribution < 1.29 is 4.79 Å². The van der Waals surface area contributed by atoms with Crippen LogP contribution >= 0.6 is 37.2 Å². The largest absolute Gasteiger partial charge is 0.340 e. The summed E-state index contributed by atoms with van der Waals surface area (Å²) in [5.74, 6) is 0.342. The minimum atomic E-state index is 0.342. The van der Waals surface area contributed by atoms with E-state index < -0.39 is 0 Å². The Balaban J connectivity index is 0.000000561. The third kappa shape index (κ3) is 3.76. The molecule has 4 heteroatoms. The Morgan fingerprint density at radius 1 is 1.58 bits per heavy atom. The summed E-state index contributed by atoms with van der Waals surface area (Å²) in [4.78, 5) is 13.1. The van der Waals surface area contributed by atoms with Gasteiger partial charge >= 0.3 is 0 Å². The fraction of sp³-hybridized carbons (Fsp3) is 0.875. The van der Waals surface area contributed by atoms with Gasteiger partial charge in [0.1, 0.15) is 0 Å². The quantitative estimate of drug-likeness (QED) is 0.658. The Kier molecular flexibility index (Phi) is 7.91. The van der Waals surface area contributed by atoms with Gasteiger partial charge in [0.2, 0.25) is 5.91 Å². The van der Waals surface area contributed by atoms with E-state index in [1.165, 1.54) is 0 Å². The molecular weight excluding hydrogens is 380 g/mol. The number of rotatable bonds is 2. The van der Waals surface area contributed by atoms with Crippen LogP contribution in [0.3, 0.4) is 0 Å². The highest BCUT2D eigenvalue weighted by molar-refractivity contribution is 15.0. The predicted molar refractivity (Wildman–Crippen MR) is 68.7 cm³/mol. The van der Waals surface area contributed by atoms with Crippen LogP contribution in [0.2, 0.25) is 0 Å². The van der Waals surface area contributed by atoms with E-state index in [1.807, 2.05) is 4.90 Å². The van der Waals surface area contributed by atoms with Crippen LogP contribution in [-0.4, -0.2) is 23.4 Å². The fourth-order valence-electron chi connectivity index (χ4n) is 1.36. The maximum absolute atomic E-state index is 11.1. The first-order valence-electron chi connectivity index (χ1n) is 4.19. The molecule has 12 heavy (non-hydrogen) atoms. The highest BCUT2D eigenvalue weighted by atomic mass is 128. The number of likely N-dealkylation sites (tertiary alicyclic amines) is 1. The van der Waals surface area contributed by atoms with Crippen LogP contribution in [0.15, 0.2) is 0 Å². The lowest BCUT2D eigenvalue weighted by Gasteiger charge is -2.22. The SMILES string of the molecule is CCC(C)N1CCCC1=O.II. The molecule has 0 aromatic heterocycles. The molecule has 1 rings (SSSR count). The zero-order valence-corrected chi connectivity index (χ0v) is 11.8. The molecule has 0 N–H and O–H groups in total. The lowest BCUT2D eigenvalue weighted by atomic mass is 10.2. The molecule has 1 atom stereocenters. The third-order valence-electron chi connectivity index (χ3n) is 2.23. The van der Waals surface area contributed by atoms with Crippen LogP contribution in [0.5, 0.6) is 0 Å². The zero-order chi connectivity index (χ0) is 9.56. The van der Waals surface area contributed by atoms with Crippen LogP contribution in [0.4, 0.5) is 0 Å². The van der Waals surface area contributed by atoms with Gasteiger partial charge in [0.25, 0.3) is 0 Å². The standard InChI is InChI=1S/C8H15NO.I2/c1-3-7(2)9-6-4-5-8(9)10;1-2/h7H,3-6H2,1-2H3;. The van der Waals surface area contributed by atoms with Gasteiger partial charge in [0.15, 0.2) is 0 Å². The number of hydrogen-bond donors (Lipinski definition) is 0. The average Bonchev–Trinajstić information content (AvgIpc) is 2.54. The number of carbonyl (C=O) groups is 1. The van der Waals surface area contributed by atoms with Gasteiger partial charge in [0.05, 0.1) is 0 Å². The molecule has 0 aromatic rings. The molecule has 72 valence electrons. The summed E-state index contributed by atoms with van der Waals surface area (Å²) < 4.78 is 0. The second kappa shape index (κ2) is 7.34. The number of amides is 1. The molecule has 0 radical (unpaired) electrons. The summed E-state index contributed by atoms with van der Waals surface area (Å²) in [5.41, 5.74) is 0. The van der Waals surface area contributed by atoms with Crippen molar-refractivity contribution in [3.05, 3.63) is 0 Å². The number of carbonyl (C=O) groups excluding carboxylic acids is 1. The second-order valence-corrected chi connectivity index (χ2v) is 2.95. The van der Waals surface area contributed by atoms with Crippen LogP contribution in [0.1, 0.15) is 33.1 Å². The molecule has 1 unspecified atom stereocenters. The Morgan fingerprint density at radius 2 is 2.17 bits per heavy atom. The second-order valence-electron chi connectivity index (χ2n) is 2.95. The monoisotopic (exact) mass is 395 g/mol. The van der Waals surface area contributed by atoms with E-state index in [0.29, 0.717) is 11.9 Å². The highest BCUT2D eigenvalue weighted by Crippen LogP contribution is 2.14. The summed E-state index contributed by atoms with van der Waals surface area (Å²) in [6, 6.07) is 0.454. The van der Waals surface area contributed by atoms with Crippen LogP contribution in [0.25, 0.3) is 0 Å². The molecule has 0 saturated carbocycles. The molecule has 1 aliphatic rings. The van der Waals surface area contributed by atoms with Crippen molar-refractivity contribution in [2.24, 2.45) is 0 Å². The lowest BCUT2D eigenvalue weighted by Crippen LogP contribution is -2.33. The van der Waals surface area contributed by atoms with Gasteiger partial charge < -0.3 is 4.90 Å². The van der Waals surface area contributed by atoms with Gasteiger partial charge in [-0.2, -0.15) is 0 Å². The lowest BCUT2D eigenvalue weighted by molar-refractivity contribution is -0.129. The Labute approximate surface area is 97.8 Å². The molecular formula is C8H15I2NO. The van der Waals surface area contributed by atoms with Crippen LogP contribution in [0, 0.1) is 0 Å². The summed E-state index contributed by atoms with van der Waals surface area (Å²) in [7, 11) is 0. The molecule has 1 amide bonds. The van der Waals surface area contributed by atoms with Gasteiger partial charge in [-0.15, -0.1) is 0 Å². The van der Waals surface area contributed by atoms with E-state index in [9.17, 15) is 4.79 Å². The van der Waals surface area contributed by atoms with Gasteiger partial charge in [-0.05, 0) is 19.8 Å². The fourth-order valence-corrected chi connectivity index (χ4v) is 1.36. The molecule has 2 nitrogen and oxygen atoms in total. The van der Waals surface area contributed by atoms with E-state index in [1.54, 1.807) is 0 Å². The first-order chi connectivity index (χ1) is 5.75. The van der Waals surface area contributed by atoms with Gasteiger partial charge in [-0.1, -0.05) is 6.92 Å². The zero-order valence-electron chi connectivity index (χ0n) is 7.52. The number of halogens is 2. The van der Waals surface area contributed by atoms with Crippen molar-refractivity contribution in [3.63, 3.8) is 0 Å².